The van der Waals surface area contributed by atoms with Crippen LogP contribution in [-0.4, -0.2) is 21.4 Å². The van der Waals surface area contributed by atoms with Crippen molar-refractivity contribution >= 4 is 0 Å². The van der Waals surface area contributed by atoms with Crippen molar-refractivity contribution < 1.29 is 10.2 Å². The third-order valence-electron chi connectivity index (χ3n) is 1.50. The van der Waals surface area contributed by atoms with E-state index in [0.717, 1.165) is 0 Å². The molecule has 2 heteroatoms. The van der Waals surface area contributed by atoms with Gasteiger partial charge in [0.05, 0.1) is 11.2 Å². The van der Waals surface area contributed by atoms with Gasteiger partial charge >= 0.3 is 0 Å². The summed E-state index contributed by atoms with van der Waals surface area (Å²) in [5.74, 6) is 0. The Bertz CT molecular complexity index is 173. The van der Waals surface area contributed by atoms with Crippen molar-refractivity contribution in [3.05, 3.63) is 24.8 Å². The van der Waals surface area contributed by atoms with E-state index in [0.29, 0.717) is 6.42 Å². The minimum atomic E-state index is -0.873. The maximum absolute atomic E-state index is 9.47. The van der Waals surface area contributed by atoms with E-state index in [9.17, 15) is 10.2 Å². The summed E-state index contributed by atoms with van der Waals surface area (Å²) in [6.45, 7) is 8.55. The first-order chi connectivity index (χ1) is 5.27. The average molecular weight is 170 g/mol. The molecule has 2 N–H and O–H groups in total. The van der Waals surface area contributed by atoms with Crippen molar-refractivity contribution in [1.29, 1.82) is 0 Å². The van der Waals surface area contributed by atoms with Gasteiger partial charge in [0.2, 0.25) is 0 Å². The molecule has 0 saturated carbocycles. The fraction of sp³-hybridized carbons (Fsp3) is 0.600. The lowest BCUT2D eigenvalue weighted by Crippen LogP contribution is -2.20. The fourth-order valence-corrected chi connectivity index (χ4v) is 0.669. The molecule has 1 unspecified atom stereocenters. The van der Waals surface area contributed by atoms with Gasteiger partial charge in [-0.1, -0.05) is 18.2 Å². The molecule has 0 aromatic carbocycles. The van der Waals surface area contributed by atoms with E-state index in [1.807, 2.05) is 0 Å². The van der Waals surface area contributed by atoms with Crippen molar-refractivity contribution in [1.82, 2.24) is 0 Å². The third-order valence-corrected chi connectivity index (χ3v) is 1.50. The second-order valence-corrected chi connectivity index (χ2v) is 3.82. The van der Waals surface area contributed by atoms with Gasteiger partial charge in [0.1, 0.15) is 0 Å². The second kappa shape index (κ2) is 3.87. The van der Waals surface area contributed by atoms with Crippen molar-refractivity contribution in [2.75, 3.05) is 0 Å². The van der Waals surface area contributed by atoms with Gasteiger partial charge in [-0.2, -0.15) is 0 Å². The van der Waals surface area contributed by atoms with Gasteiger partial charge < -0.3 is 10.2 Å². The van der Waals surface area contributed by atoms with Crippen LogP contribution in [0.5, 0.6) is 0 Å². The Morgan fingerprint density at radius 3 is 2.08 bits per heavy atom. The maximum Gasteiger partial charge on any atom is 0.0831 e. The largest absolute Gasteiger partial charge is 0.386 e. The van der Waals surface area contributed by atoms with E-state index in [2.05, 4.69) is 6.58 Å². The van der Waals surface area contributed by atoms with Gasteiger partial charge in [-0.05, 0) is 27.2 Å². The van der Waals surface area contributed by atoms with Gasteiger partial charge in [-0.3, -0.25) is 0 Å². The molecular formula is C10H18O2. The summed E-state index contributed by atoms with van der Waals surface area (Å²) in [5.41, 5.74) is -1.68. The fourth-order valence-electron chi connectivity index (χ4n) is 0.669. The lowest BCUT2D eigenvalue weighted by atomic mass is 10.0. The predicted octanol–water partition coefficient (Wildman–Crippen LogP) is 1.64. The van der Waals surface area contributed by atoms with Gasteiger partial charge in [-0.15, -0.1) is 6.58 Å². The highest BCUT2D eigenvalue weighted by Gasteiger charge is 2.13. The molecule has 70 valence electrons. The molecule has 12 heavy (non-hydrogen) atoms. The molecule has 0 fully saturated rings. The summed E-state index contributed by atoms with van der Waals surface area (Å²) < 4.78 is 0. The quantitative estimate of drug-likeness (QED) is 0.630. The van der Waals surface area contributed by atoms with Gasteiger partial charge in [-0.25, -0.2) is 0 Å². The first kappa shape index (κ1) is 11.4. The summed E-state index contributed by atoms with van der Waals surface area (Å²) in [6, 6.07) is 0. The van der Waals surface area contributed by atoms with E-state index in [1.54, 1.807) is 32.9 Å². The second-order valence-electron chi connectivity index (χ2n) is 3.82. The summed E-state index contributed by atoms with van der Waals surface area (Å²) >= 11 is 0. The maximum atomic E-state index is 9.47. The Morgan fingerprint density at radius 1 is 1.25 bits per heavy atom. The van der Waals surface area contributed by atoms with E-state index in [1.165, 1.54) is 6.08 Å². The van der Waals surface area contributed by atoms with Gasteiger partial charge in [0.25, 0.3) is 0 Å². The molecule has 0 bridgehead atoms. The minimum absolute atomic E-state index is 0.473. The molecule has 0 saturated heterocycles. The normalized spacial score (nSPS) is 17.8. The van der Waals surface area contributed by atoms with E-state index in [4.69, 9.17) is 0 Å². The van der Waals surface area contributed by atoms with Crippen LogP contribution in [0.3, 0.4) is 0 Å². The van der Waals surface area contributed by atoms with Crippen LogP contribution in [0.1, 0.15) is 27.2 Å². The van der Waals surface area contributed by atoms with Crippen molar-refractivity contribution in [3.8, 4) is 0 Å². The molecule has 0 aromatic rings. The molecule has 2 nitrogen and oxygen atoms in total. The number of aliphatic hydroxyl groups is 2. The molecule has 1 atom stereocenters. The summed E-state index contributed by atoms with van der Waals surface area (Å²) in [5, 5.41) is 18.8. The van der Waals surface area contributed by atoms with E-state index < -0.39 is 11.2 Å². The van der Waals surface area contributed by atoms with Crippen LogP contribution < -0.4 is 0 Å². The smallest absolute Gasteiger partial charge is 0.0831 e. The Morgan fingerprint density at radius 2 is 1.75 bits per heavy atom. The highest BCUT2D eigenvalue weighted by molar-refractivity contribution is 5.02. The van der Waals surface area contributed by atoms with Crippen LogP contribution in [-0.2, 0) is 0 Å². The van der Waals surface area contributed by atoms with Crippen LogP contribution >= 0.6 is 0 Å². The Hall–Kier alpha value is -0.600. The highest BCUT2D eigenvalue weighted by Crippen LogP contribution is 2.12. The zero-order chi connectivity index (χ0) is 9.83. The molecule has 0 heterocycles. The average Bonchev–Trinajstić information content (AvgIpc) is 1.84. The Kier molecular flexibility index (Phi) is 3.68. The van der Waals surface area contributed by atoms with Crippen molar-refractivity contribution in [2.45, 2.75) is 38.4 Å². The summed E-state index contributed by atoms with van der Waals surface area (Å²) in [4.78, 5) is 0. The number of rotatable bonds is 4. The molecule has 0 radical (unpaired) electrons. The summed E-state index contributed by atoms with van der Waals surface area (Å²) in [7, 11) is 0. The van der Waals surface area contributed by atoms with Crippen molar-refractivity contribution in [3.63, 3.8) is 0 Å². The highest BCUT2D eigenvalue weighted by atomic mass is 16.3. The van der Waals surface area contributed by atoms with Crippen LogP contribution in [0, 0.1) is 0 Å². The third kappa shape index (κ3) is 6.13. The Labute approximate surface area is 74.2 Å². The van der Waals surface area contributed by atoms with Gasteiger partial charge in [0.15, 0.2) is 0 Å². The molecule has 0 spiro atoms. The standard InChI is InChI=1S/C10H18O2/c1-5-10(4,12)8-6-7-9(2,3)11/h5-7,11-12H,1,8H2,2-4H3. The van der Waals surface area contributed by atoms with E-state index in [-0.39, 0.29) is 0 Å². The predicted molar refractivity (Wildman–Crippen MR) is 50.9 cm³/mol. The first-order valence-electron chi connectivity index (χ1n) is 4.03. The topological polar surface area (TPSA) is 40.5 Å². The van der Waals surface area contributed by atoms with Crippen LogP contribution in [0.2, 0.25) is 0 Å². The molecule has 0 rings (SSSR count). The summed E-state index contributed by atoms with van der Waals surface area (Å²) in [6.07, 6.45) is 5.37. The lowest BCUT2D eigenvalue weighted by molar-refractivity contribution is 0.112. The molecule has 0 amide bonds. The Balaban J connectivity index is 3.99. The van der Waals surface area contributed by atoms with Crippen LogP contribution in [0.15, 0.2) is 24.8 Å². The van der Waals surface area contributed by atoms with Crippen LogP contribution in [0.25, 0.3) is 0 Å². The zero-order valence-corrected chi connectivity index (χ0v) is 8.04. The molecular weight excluding hydrogens is 152 g/mol. The van der Waals surface area contributed by atoms with Crippen LogP contribution in [0.4, 0.5) is 0 Å². The first-order valence-corrected chi connectivity index (χ1v) is 4.03. The van der Waals surface area contributed by atoms with Gasteiger partial charge in [0, 0.05) is 0 Å². The SMILES string of the molecule is C=CC(C)(O)CC=CC(C)(C)O. The zero-order valence-electron chi connectivity index (χ0n) is 8.04. The number of hydrogen-bond acceptors (Lipinski definition) is 2. The van der Waals surface area contributed by atoms with Crippen molar-refractivity contribution in [2.24, 2.45) is 0 Å². The minimum Gasteiger partial charge on any atom is -0.386 e. The monoisotopic (exact) mass is 170 g/mol. The number of hydrogen-bond donors (Lipinski definition) is 2. The van der Waals surface area contributed by atoms with E-state index >= 15 is 0 Å². The molecule has 0 aliphatic rings. The molecule has 0 aliphatic heterocycles. The molecule has 0 aromatic heterocycles. The molecule has 0 aliphatic carbocycles. The lowest BCUT2D eigenvalue weighted by Gasteiger charge is -2.16.